The average molecular weight is 334 g/mol. The smallest absolute Gasteiger partial charge is 0.272 e. The van der Waals surface area contributed by atoms with E-state index in [1.807, 2.05) is 0 Å². The van der Waals surface area contributed by atoms with Crippen molar-refractivity contribution in [2.24, 2.45) is 0 Å². The zero-order valence-electron chi connectivity index (χ0n) is 10.1. The molecule has 0 aliphatic heterocycles. The van der Waals surface area contributed by atoms with Crippen LogP contribution in [0.5, 0.6) is 11.5 Å². The Balaban J connectivity index is 2.44. The van der Waals surface area contributed by atoms with Gasteiger partial charge in [-0.1, -0.05) is 34.8 Å². The van der Waals surface area contributed by atoms with Crippen molar-refractivity contribution in [3.8, 4) is 11.5 Å². The molecular formula is C12H7Cl3N2O3. The van der Waals surface area contributed by atoms with Crippen LogP contribution in [0.3, 0.4) is 0 Å². The summed E-state index contributed by atoms with van der Waals surface area (Å²) in [5.74, 6) is 0.548. The molecule has 0 fully saturated rings. The molecule has 0 amide bonds. The van der Waals surface area contributed by atoms with E-state index in [0.29, 0.717) is 5.75 Å². The van der Waals surface area contributed by atoms with Crippen molar-refractivity contribution in [2.45, 2.75) is 6.92 Å². The van der Waals surface area contributed by atoms with Gasteiger partial charge in [0, 0.05) is 30.0 Å². The van der Waals surface area contributed by atoms with Crippen LogP contribution in [-0.4, -0.2) is 9.91 Å². The highest BCUT2D eigenvalue weighted by Crippen LogP contribution is 2.40. The Morgan fingerprint density at radius 1 is 1.20 bits per heavy atom. The molecule has 5 nitrogen and oxygen atoms in total. The van der Waals surface area contributed by atoms with Crippen molar-refractivity contribution >= 4 is 40.5 Å². The van der Waals surface area contributed by atoms with Gasteiger partial charge in [-0.15, -0.1) is 0 Å². The van der Waals surface area contributed by atoms with Crippen LogP contribution < -0.4 is 4.74 Å². The van der Waals surface area contributed by atoms with Gasteiger partial charge in [-0.25, -0.2) is 4.98 Å². The van der Waals surface area contributed by atoms with Gasteiger partial charge >= 0.3 is 0 Å². The Labute approximate surface area is 129 Å². The molecule has 0 unspecified atom stereocenters. The number of aryl methyl sites for hydroxylation is 1. The zero-order chi connectivity index (χ0) is 14.9. The maximum atomic E-state index is 10.7. The van der Waals surface area contributed by atoms with Crippen molar-refractivity contribution in [1.29, 1.82) is 0 Å². The number of aromatic nitrogens is 1. The summed E-state index contributed by atoms with van der Waals surface area (Å²) < 4.78 is 5.58. The highest BCUT2D eigenvalue weighted by molar-refractivity contribution is 6.37. The van der Waals surface area contributed by atoms with Crippen LogP contribution >= 0.6 is 34.8 Å². The van der Waals surface area contributed by atoms with E-state index in [9.17, 15) is 10.1 Å². The number of halogens is 3. The standard InChI is InChI=1S/C12H7Cl3N2O3/c1-6-5-16-11(15)4-10(6)20-12-8(13)2-7(17(18)19)3-9(12)14/h2-5H,1H3. The van der Waals surface area contributed by atoms with Crippen molar-refractivity contribution in [3.05, 3.63) is 55.3 Å². The number of nitro groups is 1. The Morgan fingerprint density at radius 3 is 2.35 bits per heavy atom. The first-order chi connectivity index (χ1) is 9.38. The van der Waals surface area contributed by atoms with Crippen LogP contribution in [0.15, 0.2) is 24.4 Å². The molecule has 8 heteroatoms. The normalized spacial score (nSPS) is 10.4. The van der Waals surface area contributed by atoms with Gasteiger partial charge in [0.1, 0.15) is 10.9 Å². The monoisotopic (exact) mass is 332 g/mol. The summed E-state index contributed by atoms with van der Waals surface area (Å²) in [7, 11) is 0. The second-order valence-corrected chi connectivity index (χ2v) is 5.07. The SMILES string of the molecule is Cc1cnc(Cl)cc1Oc1c(Cl)cc([N+](=O)[O-])cc1Cl. The first kappa shape index (κ1) is 14.8. The van der Waals surface area contributed by atoms with Gasteiger partial charge in [0.05, 0.1) is 15.0 Å². The van der Waals surface area contributed by atoms with E-state index < -0.39 is 4.92 Å². The summed E-state index contributed by atoms with van der Waals surface area (Å²) in [5.41, 5.74) is 0.511. The molecule has 2 aromatic rings. The summed E-state index contributed by atoms with van der Waals surface area (Å²) in [6.07, 6.45) is 1.53. The third kappa shape index (κ3) is 3.12. The van der Waals surface area contributed by atoms with E-state index in [4.69, 9.17) is 39.5 Å². The average Bonchev–Trinajstić information content (AvgIpc) is 2.37. The van der Waals surface area contributed by atoms with Gasteiger partial charge in [-0.3, -0.25) is 10.1 Å². The molecule has 0 aliphatic rings. The molecule has 0 N–H and O–H groups in total. The van der Waals surface area contributed by atoms with E-state index >= 15 is 0 Å². The van der Waals surface area contributed by atoms with Crippen molar-refractivity contribution in [1.82, 2.24) is 4.98 Å². The molecule has 2 rings (SSSR count). The quantitative estimate of drug-likeness (QED) is 0.448. The fourth-order valence-electron chi connectivity index (χ4n) is 1.45. The molecule has 0 saturated heterocycles. The Kier molecular flexibility index (Phi) is 4.32. The number of pyridine rings is 1. The van der Waals surface area contributed by atoms with E-state index in [1.165, 1.54) is 24.4 Å². The lowest BCUT2D eigenvalue weighted by Gasteiger charge is -2.11. The predicted molar refractivity (Wildman–Crippen MR) is 77.2 cm³/mol. The van der Waals surface area contributed by atoms with Crippen LogP contribution in [0, 0.1) is 17.0 Å². The number of rotatable bonds is 3. The number of benzene rings is 1. The molecule has 104 valence electrons. The van der Waals surface area contributed by atoms with E-state index in [0.717, 1.165) is 5.56 Å². The molecular weight excluding hydrogens is 327 g/mol. The topological polar surface area (TPSA) is 65.3 Å². The molecule has 0 saturated carbocycles. The van der Waals surface area contributed by atoms with Gasteiger partial charge in [0.25, 0.3) is 5.69 Å². The first-order valence-corrected chi connectivity index (χ1v) is 6.45. The third-order valence-corrected chi connectivity index (χ3v) is 3.19. The maximum absolute atomic E-state index is 10.7. The predicted octanol–water partition coefficient (Wildman–Crippen LogP) is 5.05. The number of hydrogen-bond acceptors (Lipinski definition) is 4. The molecule has 0 aliphatic carbocycles. The Morgan fingerprint density at radius 2 is 1.80 bits per heavy atom. The molecule has 0 atom stereocenters. The van der Waals surface area contributed by atoms with Gasteiger partial charge in [0.15, 0.2) is 5.75 Å². The van der Waals surface area contributed by atoms with Crippen LogP contribution in [0.2, 0.25) is 15.2 Å². The minimum atomic E-state index is -0.587. The fourth-order valence-corrected chi connectivity index (χ4v) is 2.15. The fraction of sp³-hybridized carbons (Fsp3) is 0.0833. The van der Waals surface area contributed by atoms with Gasteiger partial charge in [-0.05, 0) is 6.92 Å². The van der Waals surface area contributed by atoms with Crippen molar-refractivity contribution in [2.75, 3.05) is 0 Å². The first-order valence-electron chi connectivity index (χ1n) is 5.32. The molecule has 0 bridgehead atoms. The number of nitro benzene ring substituents is 1. The van der Waals surface area contributed by atoms with Crippen molar-refractivity contribution < 1.29 is 9.66 Å². The van der Waals surface area contributed by atoms with Crippen LogP contribution in [0.25, 0.3) is 0 Å². The lowest BCUT2D eigenvalue weighted by Crippen LogP contribution is -1.93. The number of hydrogen-bond donors (Lipinski definition) is 0. The largest absolute Gasteiger partial charge is 0.454 e. The summed E-state index contributed by atoms with van der Waals surface area (Å²) in [4.78, 5) is 14.0. The molecule has 1 aromatic heterocycles. The highest BCUT2D eigenvalue weighted by Gasteiger charge is 2.17. The van der Waals surface area contributed by atoms with Crippen LogP contribution in [0.1, 0.15) is 5.56 Å². The Hall–Kier alpha value is -1.56. The molecule has 1 heterocycles. The zero-order valence-corrected chi connectivity index (χ0v) is 12.3. The lowest BCUT2D eigenvalue weighted by molar-refractivity contribution is -0.384. The van der Waals surface area contributed by atoms with E-state index in [1.54, 1.807) is 6.92 Å². The molecule has 1 aromatic carbocycles. The molecule has 0 radical (unpaired) electrons. The minimum Gasteiger partial charge on any atom is -0.454 e. The summed E-state index contributed by atoms with van der Waals surface area (Å²) in [6.45, 7) is 1.77. The Bertz CT molecular complexity index is 669. The number of ether oxygens (including phenoxy) is 1. The van der Waals surface area contributed by atoms with Gasteiger partial charge in [-0.2, -0.15) is 0 Å². The number of non-ortho nitro benzene ring substituents is 1. The highest BCUT2D eigenvalue weighted by atomic mass is 35.5. The summed E-state index contributed by atoms with van der Waals surface area (Å²) in [5, 5.41) is 11.0. The summed E-state index contributed by atoms with van der Waals surface area (Å²) >= 11 is 17.7. The van der Waals surface area contributed by atoms with Crippen LogP contribution in [-0.2, 0) is 0 Å². The molecule has 0 spiro atoms. The van der Waals surface area contributed by atoms with Crippen molar-refractivity contribution in [3.63, 3.8) is 0 Å². The molecule has 20 heavy (non-hydrogen) atoms. The summed E-state index contributed by atoms with van der Waals surface area (Å²) in [6, 6.07) is 3.84. The second kappa shape index (κ2) is 5.83. The van der Waals surface area contributed by atoms with E-state index in [2.05, 4.69) is 4.98 Å². The van der Waals surface area contributed by atoms with Gasteiger partial charge < -0.3 is 4.74 Å². The van der Waals surface area contributed by atoms with Crippen LogP contribution in [0.4, 0.5) is 5.69 Å². The lowest BCUT2D eigenvalue weighted by atomic mass is 10.2. The number of nitrogens with zero attached hydrogens (tertiary/aromatic N) is 2. The third-order valence-electron chi connectivity index (χ3n) is 2.43. The van der Waals surface area contributed by atoms with E-state index in [-0.39, 0.29) is 26.6 Å². The maximum Gasteiger partial charge on any atom is 0.272 e. The van der Waals surface area contributed by atoms with Gasteiger partial charge in [0.2, 0.25) is 0 Å². The second-order valence-electron chi connectivity index (χ2n) is 3.87. The minimum absolute atomic E-state index is 0.0385.